The summed E-state index contributed by atoms with van der Waals surface area (Å²) in [7, 11) is 1.89. The molecular formula is C32H30F3N5O3. The van der Waals surface area contributed by atoms with Gasteiger partial charge in [0.2, 0.25) is 5.91 Å². The van der Waals surface area contributed by atoms with Crippen LogP contribution in [0, 0.1) is 0 Å². The highest BCUT2D eigenvalue weighted by atomic mass is 19.4. The SMILES string of the molecule is CN1C(=O)[C@@]2(C[C@H]2c2ccc3c(/C=C/c4ccc(N5CCNCC5)cc4)n[nH]c3c2)c2ccccc21.O=C(O)C(F)(F)F. The van der Waals surface area contributed by atoms with Crippen LogP contribution in [0.3, 0.4) is 0 Å². The summed E-state index contributed by atoms with van der Waals surface area (Å²) in [6, 6.07) is 23.4. The minimum absolute atomic E-state index is 0.206. The lowest BCUT2D eigenvalue weighted by molar-refractivity contribution is -0.192. The predicted octanol–water partition coefficient (Wildman–Crippen LogP) is 5.18. The van der Waals surface area contributed by atoms with Crippen LogP contribution >= 0.6 is 0 Å². The Kier molecular flexibility index (Phi) is 7.21. The van der Waals surface area contributed by atoms with Crippen molar-refractivity contribution in [3.05, 3.63) is 89.1 Å². The Morgan fingerprint density at radius 2 is 1.74 bits per heavy atom. The number of hydrogen-bond donors (Lipinski definition) is 3. The summed E-state index contributed by atoms with van der Waals surface area (Å²) in [5.41, 5.74) is 7.37. The number of piperazine rings is 1. The van der Waals surface area contributed by atoms with E-state index in [4.69, 9.17) is 9.90 Å². The summed E-state index contributed by atoms with van der Waals surface area (Å²) in [6.07, 6.45) is -0.0307. The molecule has 2 atom stereocenters. The molecule has 0 radical (unpaired) electrons. The minimum Gasteiger partial charge on any atom is -0.475 e. The van der Waals surface area contributed by atoms with E-state index in [9.17, 15) is 18.0 Å². The first kappa shape index (κ1) is 28.5. The summed E-state index contributed by atoms with van der Waals surface area (Å²) in [4.78, 5) is 26.4. The Hall–Kier alpha value is -4.64. The van der Waals surface area contributed by atoms with Gasteiger partial charge in [0.25, 0.3) is 0 Å². The Labute approximate surface area is 245 Å². The average molecular weight is 590 g/mol. The molecule has 2 fully saturated rings. The number of fused-ring (bicyclic) bond motifs is 3. The topological polar surface area (TPSA) is 102 Å². The van der Waals surface area contributed by atoms with Crippen LogP contribution < -0.4 is 15.1 Å². The zero-order valence-electron chi connectivity index (χ0n) is 23.4. The number of hydrogen-bond acceptors (Lipinski definition) is 5. The second-order valence-electron chi connectivity index (χ2n) is 11.0. The third-order valence-corrected chi connectivity index (χ3v) is 8.46. The number of carboxylic acids is 1. The van der Waals surface area contributed by atoms with Crippen LogP contribution in [0.4, 0.5) is 24.5 Å². The maximum absolute atomic E-state index is 13.2. The molecule has 43 heavy (non-hydrogen) atoms. The van der Waals surface area contributed by atoms with E-state index in [1.165, 1.54) is 16.8 Å². The number of amides is 1. The van der Waals surface area contributed by atoms with Gasteiger partial charge in [0.1, 0.15) is 0 Å². The van der Waals surface area contributed by atoms with E-state index in [0.717, 1.165) is 60.4 Å². The molecule has 0 bridgehead atoms. The van der Waals surface area contributed by atoms with Crippen molar-refractivity contribution >= 4 is 46.3 Å². The number of aliphatic carboxylic acids is 1. The number of aromatic nitrogens is 2. The quantitative estimate of drug-likeness (QED) is 0.304. The molecular weight excluding hydrogens is 559 g/mol. The first-order valence-electron chi connectivity index (χ1n) is 14.0. The summed E-state index contributed by atoms with van der Waals surface area (Å²) in [6.45, 7) is 4.18. The normalized spacial score (nSPS) is 21.3. The number of H-pyrrole nitrogens is 1. The molecule has 1 aromatic heterocycles. The molecule has 1 spiro atoms. The Morgan fingerprint density at radius 1 is 1.05 bits per heavy atom. The largest absolute Gasteiger partial charge is 0.490 e. The standard InChI is InChI=1S/C30H29N5O.C2HF3O2/c1-34-28-5-3-2-4-24(28)30(29(34)36)19-25(30)21-9-12-23-26(32-33-27(23)18-21)13-8-20-6-10-22(11-7-20)35-16-14-31-15-17-35;3-2(4,5)1(6)7/h2-13,18,25,31H,14-17,19H2,1H3,(H,32,33);(H,6,7)/b13-8+;/t25-,30-;/m0./s1. The van der Waals surface area contributed by atoms with Gasteiger partial charge in [0, 0.05) is 55.9 Å². The Morgan fingerprint density at radius 3 is 2.44 bits per heavy atom. The van der Waals surface area contributed by atoms with E-state index in [0.29, 0.717) is 0 Å². The van der Waals surface area contributed by atoms with Crippen LogP contribution in [0.15, 0.2) is 66.7 Å². The summed E-state index contributed by atoms with van der Waals surface area (Å²) < 4.78 is 31.7. The Bertz CT molecular complexity index is 1710. The van der Waals surface area contributed by atoms with Gasteiger partial charge in [-0.05, 0) is 53.5 Å². The maximum Gasteiger partial charge on any atom is 0.490 e. The van der Waals surface area contributed by atoms with Crippen molar-refractivity contribution in [3.8, 4) is 0 Å². The van der Waals surface area contributed by atoms with Crippen molar-refractivity contribution in [1.82, 2.24) is 15.5 Å². The fourth-order valence-electron chi connectivity index (χ4n) is 6.16. The fourth-order valence-corrected chi connectivity index (χ4v) is 6.16. The number of carbonyl (C=O) groups is 2. The third-order valence-electron chi connectivity index (χ3n) is 8.46. The van der Waals surface area contributed by atoms with Crippen molar-refractivity contribution in [2.45, 2.75) is 23.9 Å². The van der Waals surface area contributed by atoms with Gasteiger partial charge in [-0.15, -0.1) is 0 Å². The van der Waals surface area contributed by atoms with Crippen molar-refractivity contribution in [1.29, 1.82) is 0 Å². The molecule has 8 nitrogen and oxygen atoms in total. The number of alkyl halides is 3. The highest BCUT2D eigenvalue weighted by molar-refractivity contribution is 6.11. The molecule has 1 saturated heterocycles. The molecule has 3 aliphatic rings. The van der Waals surface area contributed by atoms with E-state index in [1.807, 2.05) is 30.1 Å². The fraction of sp³-hybridized carbons (Fsp3) is 0.281. The number of benzene rings is 3. The summed E-state index contributed by atoms with van der Waals surface area (Å²) in [5, 5.41) is 19.4. The van der Waals surface area contributed by atoms with Crippen molar-refractivity contribution in [2.24, 2.45) is 0 Å². The lowest BCUT2D eigenvalue weighted by atomic mass is 9.92. The Balaban J connectivity index is 0.000000423. The number of carboxylic acid groups (broad SMARTS) is 1. The number of para-hydroxylation sites is 1. The van der Waals surface area contributed by atoms with E-state index in [1.54, 1.807) is 0 Å². The van der Waals surface area contributed by atoms with E-state index in [-0.39, 0.29) is 11.8 Å². The number of nitrogens with one attached hydrogen (secondary N) is 2. The molecule has 1 aliphatic carbocycles. The number of halogens is 3. The zero-order valence-corrected chi connectivity index (χ0v) is 23.4. The lowest BCUT2D eigenvalue weighted by Gasteiger charge is -2.29. The summed E-state index contributed by atoms with van der Waals surface area (Å²) >= 11 is 0. The maximum atomic E-state index is 13.2. The first-order chi connectivity index (χ1) is 20.6. The number of nitrogens with zero attached hydrogens (tertiary/aromatic N) is 3. The minimum atomic E-state index is -5.08. The molecule has 7 rings (SSSR count). The molecule has 2 aliphatic heterocycles. The molecule has 3 heterocycles. The van der Waals surface area contributed by atoms with E-state index >= 15 is 0 Å². The number of aromatic amines is 1. The molecule has 1 saturated carbocycles. The number of carbonyl (C=O) groups excluding carboxylic acids is 1. The van der Waals surface area contributed by atoms with Gasteiger partial charge in [-0.25, -0.2) is 4.79 Å². The molecule has 3 aromatic carbocycles. The van der Waals surface area contributed by atoms with Gasteiger partial charge in [0.15, 0.2) is 0 Å². The second kappa shape index (κ2) is 10.9. The van der Waals surface area contributed by atoms with Crippen LogP contribution in [-0.4, -0.2) is 66.6 Å². The van der Waals surface area contributed by atoms with Gasteiger partial charge in [0.05, 0.1) is 16.6 Å². The predicted molar refractivity (Wildman–Crippen MR) is 159 cm³/mol. The molecule has 11 heteroatoms. The average Bonchev–Trinajstić information content (AvgIpc) is 3.59. The molecule has 1 amide bonds. The highest BCUT2D eigenvalue weighted by Crippen LogP contribution is 2.66. The van der Waals surface area contributed by atoms with Gasteiger partial charge in [-0.3, -0.25) is 9.89 Å². The molecule has 0 unspecified atom stereocenters. The van der Waals surface area contributed by atoms with Crippen LogP contribution in [0.1, 0.15) is 34.7 Å². The number of rotatable bonds is 4. The van der Waals surface area contributed by atoms with Crippen LogP contribution in [0.5, 0.6) is 0 Å². The number of anilines is 2. The van der Waals surface area contributed by atoms with Gasteiger partial charge in [-0.2, -0.15) is 18.3 Å². The van der Waals surface area contributed by atoms with Crippen molar-refractivity contribution in [2.75, 3.05) is 43.0 Å². The van der Waals surface area contributed by atoms with Crippen molar-refractivity contribution < 1.29 is 27.9 Å². The molecule has 3 N–H and O–H groups in total. The summed E-state index contributed by atoms with van der Waals surface area (Å²) in [5.74, 6) is -2.34. The van der Waals surface area contributed by atoms with E-state index < -0.39 is 17.6 Å². The number of likely N-dealkylation sites (N-methyl/N-ethyl adjacent to an activating group) is 1. The monoisotopic (exact) mass is 589 g/mol. The molecule has 222 valence electrons. The van der Waals surface area contributed by atoms with Gasteiger partial charge >= 0.3 is 12.1 Å². The second-order valence-corrected chi connectivity index (χ2v) is 11.0. The van der Waals surface area contributed by atoms with Crippen LogP contribution in [0.25, 0.3) is 23.1 Å². The highest BCUT2D eigenvalue weighted by Gasteiger charge is 2.66. The lowest BCUT2D eigenvalue weighted by Crippen LogP contribution is -2.43. The molecule has 4 aromatic rings. The smallest absolute Gasteiger partial charge is 0.475 e. The van der Waals surface area contributed by atoms with E-state index in [2.05, 4.69) is 81.1 Å². The van der Waals surface area contributed by atoms with Crippen molar-refractivity contribution in [3.63, 3.8) is 0 Å². The zero-order chi connectivity index (χ0) is 30.4. The third kappa shape index (κ3) is 5.25. The van der Waals surface area contributed by atoms with Crippen LogP contribution in [-0.2, 0) is 15.0 Å². The van der Waals surface area contributed by atoms with Gasteiger partial charge in [-0.1, -0.05) is 48.5 Å². The first-order valence-corrected chi connectivity index (χ1v) is 14.0. The van der Waals surface area contributed by atoms with Gasteiger partial charge < -0.3 is 20.2 Å². The van der Waals surface area contributed by atoms with Crippen LogP contribution in [0.2, 0.25) is 0 Å².